The number of halogens is 1. The number of carbonyl (C=O) groups is 1. The number of para-hydroxylation sites is 1. The molecule has 1 aliphatic rings. The standard InChI is InChI=1S/C22H28N4O2.HI/c1-2-23-22(25-17-21(27)26-14-6-7-15-26)24-16-18-10-12-20(13-11-18)28-19-8-4-3-5-9-19;/h3-5,8-13H,2,6-7,14-17H2,1H3,(H2,23,24,25);1H. The lowest BCUT2D eigenvalue weighted by Gasteiger charge is -2.17. The van der Waals surface area contributed by atoms with Crippen molar-refractivity contribution >= 4 is 35.8 Å². The van der Waals surface area contributed by atoms with Crippen molar-refractivity contribution in [3.63, 3.8) is 0 Å². The SMILES string of the molecule is CCNC(=NCc1ccc(Oc2ccccc2)cc1)NCC(=O)N1CCCC1.I. The third-order valence-electron chi connectivity index (χ3n) is 4.53. The number of ether oxygens (including phenoxy) is 1. The zero-order valence-electron chi connectivity index (χ0n) is 16.8. The molecule has 0 atom stereocenters. The minimum Gasteiger partial charge on any atom is -0.457 e. The second kappa shape index (κ2) is 12.3. The molecule has 1 saturated heterocycles. The summed E-state index contributed by atoms with van der Waals surface area (Å²) in [5.41, 5.74) is 1.07. The number of guanidine groups is 1. The first kappa shape index (κ1) is 23.0. The number of amides is 1. The molecule has 0 bridgehead atoms. The van der Waals surface area contributed by atoms with Gasteiger partial charge >= 0.3 is 0 Å². The molecule has 0 unspecified atom stereocenters. The zero-order chi connectivity index (χ0) is 19.6. The monoisotopic (exact) mass is 508 g/mol. The number of likely N-dealkylation sites (tertiary alicyclic amines) is 1. The van der Waals surface area contributed by atoms with Crippen LogP contribution in [0.5, 0.6) is 11.5 Å². The Hall–Kier alpha value is -2.29. The molecule has 0 aromatic heterocycles. The van der Waals surface area contributed by atoms with Crippen LogP contribution >= 0.6 is 24.0 Å². The molecule has 1 amide bonds. The Morgan fingerprint density at radius 2 is 1.66 bits per heavy atom. The fraction of sp³-hybridized carbons (Fsp3) is 0.364. The van der Waals surface area contributed by atoms with Gasteiger partial charge in [0, 0.05) is 19.6 Å². The molecule has 1 heterocycles. The van der Waals surface area contributed by atoms with Gasteiger partial charge in [-0.2, -0.15) is 0 Å². The number of rotatable bonds is 7. The van der Waals surface area contributed by atoms with Crippen molar-refractivity contribution in [3.8, 4) is 11.5 Å². The summed E-state index contributed by atoms with van der Waals surface area (Å²) in [6, 6.07) is 17.6. The van der Waals surface area contributed by atoms with Crippen LogP contribution in [-0.2, 0) is 11.3 Å². The Kier molecular flexibility index (Phi) is 9.76. The van der Waals surface area contributed by atoms with Gasteiger partial charge in [-0.15, -0.1) is 24.0 Å². The van der Waals surface area contributed by atoms with Crippen LogP contribution in [0, 0.1) is 0 Å². The maximum Gasteiger partial charge on any atom is 0.241 e. The summed E-state index contributed by atoms with van der Waals surface area (Å²) in [5.74, 6) is 2.39. The van der Waals surface area contributed by atoms with E-state index in [0.29, 0.717) is 12.5 Å². The number of nitrogens with zero attached hydrogens (tertiary/aromatic N) is 2. The van der Waals surface area contributed by atoms with Crippen LogP contribution in [0.1, 0.15) is 25.3 Å². The Morgan fingerprint density at radius 1 is 1.00 bits per heavy atom. The van der Waals surface area contributed by atoms with Crippen LogP contribution in [0.2, 0.25) is 0 Å². The van der Waals surface area contributed by atoms with E-state index >= 15 is 0 Å². The number of benzene rings is 2. The Bertz CT molecular complexity index is 775. The molecule has 6 nitrogen and oxygen atoms in total. The van der Waals surface area contributed by atoms with E-state index in [4.69, 9.17) is 4.74 Å². The van der Waals surface area contributed by atoms with Crippen LogP contribution in [0.25, 0.3) is 0 Å². The largest absolute Gasteiger partial charge is 0.457 e. The van der Waals surface area contributed by atoms with Crippen LogP contribution in [0.15, 0.2) is 59.6 Å². The van der Waals surface area contributed by atoms with Gasteiger partial charge in [-0.25, -0.2) is 4.99 Å². The number of hydrogen-bond acceptors (Lipinski definition) is 3. The molecule has 7 heteroatoms. The smallest absolute Gasteiger partial charge is 0.241 e. The lowest BCUT2D eigenvalue weighted by molar-refractivity contribution is -0.128. The van der Waals surface area contributed by atoms with E-state index < -0.39 is 0 Å². The van der Waals surface area contributed by atoms with Crippen LogP contribution in [0.4, 0.5) is 0 Å². The molecular formula is C22H29IN4O2. The topological polar surface area (TPSA) is 66.0 Å². The van der Waals surface area contributed by atoms with Gasteiger partial charge in [0.05, 0.1) is 13.1 Å². The Labute approximate surface area is 189 Å². The third kappa shape index (κ3) is 7.56. The van der Waals surface area contributed by atoms with Crippen molar-refractivity contribution in [2.24, 2.45) is 4.99 Å². The van der Waals surface area contributed by atoms with E-state index in [1.54, 1.807) is 0 Å². The quantitative estimate of drug-likeness (QED) is 0.340. The van der Waals surface area contributed by atoms with Gasteiger partial charge < -0.3 is 20.3 Å². The van der Waals surface area contributed by atoms with E-state index in [0.717, 1.165) is 49.5 Å². The highest BCUT2D eigenvalue weighted by Gasteiger charge is 2.17. The molecular weight excluding hydrogens is 479 g/mol. The lowest BCUT2D eigenvalue weighted by Crippen LogP contribution is -2.44. The second-order valence-corrected chi connectivity index (χ2v) is 6.70. The Morgan fingerprint density at radius 3 is 2.31 bits per heavy atom. The number of aliphatic imine (C=N–C) groups is 1. The minimum absolute atomic E-state index is 0. The van der Waals surface area contributed by atoms with Crippen molar-refractivity contribution in [2.45, 2.75) is 26.3 Å². The van der Waals surface area contributed by atoms with Crippen molar-refractivity contribution in [1.82, 2.24) is 15.5 Å². The molecule has 2 aromatic carbocycles. The molecule has 3 rings (SSSR count). The molecule has 29 heavy (non-hydrogen) atoms. The van der Waals surface area contributed by atoms with Gasteiger partial charge in [-0.05, 0) is 49.6 Å². The second-order valence-electron chi connectivity index (χ2n) is 6.70. The molecule has 1 aliphatic heterocycles. The maximum atomic E-state index is 12.2. The van der Waals surface area contributed by atoms with Crippen LogP contribution < -0.4 is 15.4 Å². The number of carbonyl (C=O) groups excluding carboxylic acids is 1. The van der Waals surface area contributed by atoms with Gasteiger partial charge in [0.1, 0.15) is 11.5 Å². The summed E-state index contributed by atoms with van der Waals surface area (Å²) in [6.07, 6.45) is 2.20. The first-order valence-electron chi connectivity index (χ1n) is 9.86. The number of nitrogens with one attached hydrogen (secondary N) is 2. The Balaban J connectivity index is 0.00000300. The summed E-state index contributed by atoms with van der Waals surface area (Å²) in [6.45, 7) is 5.29. The summed E-state index contributed by atoms with van der Waals surface area (Å²) in [4.78, 5) is 18.7. The number of hydrogen-bond donors (Lipinski definition) is 2. The highest BCUT2D eigenvalue weighted by atomic mass is 127. The summed E-state index contributed by atoms with van der Waals surface area (Å²) < 4.78 is 5.81. The van der Waals surface area contributed by atoms with Crippen LogP contribution in [-0.4, -0.2) is 42.9 Å². The molecule has 2 aromatic rings. The first-order chi connectivity index (χ1) is 13.7. The average Bonchev–Trinajstić information content (AvgIpc) is 3.27. The third-order valence-corrected chi connectivity index (χ3v) is 4.53. The van der Waals surface area contributed by atoms with Gasteiger partial charge in [0.25, 0.3) is 0 Å². The molecule has 2 N–H and O–H groups in total. The minimum atomic E-state index is 0. The normalized spacial score (nSPS) is 13.6. The fourth-order valence-corrected chi connectivity index (χ4v) is 3.04. The van der Waals surface area contributed by atoms with Gasteiger partial charge in [-0.1, -0.05) is 30.3 Å². The summed E-state index contributed by atoms with van der Waals surface area (Å²) in [7, 11) is 0. The van der Waals surface area contributed by atoms with E-state index in [9.17, 15) is 4.79 Å². The van der Waals surface area contributed by atoms with Gasteiger partial charge in [-0.3, -0.25) is 4.79 Å². The van der Waals surface area contributed by atoms with Crippen molar-refractivity contribution < 1.29 is 9.53 Å². The fourth-order valence-electron chi connectivity index (χ4n) is 3.04. The van der Waals surface area contributed by atoms with Crippen molar-refractivity contribution in [3.05, 3.63) is 60.2 Å². The molecule has 156 valence electrons. The molecule has 0 spiro atoms. The van der Waals surface area contributed by atoms with Crippen molar-refractivity contribution in [2.75, 3.05) is 26.2 Å². The first-order valence-corrected chi connectivity index (χ1v) is 9.86. The van der Waals surface area contributed by atoms with Gasteiger partial charge in [0.15, 0.2) is 5.96 Å². The van der Waals surface area contributed by atoms with E-state index in [-0.39, 0.29) is 36.4 Å². The highest BCUT2D eigenvalue weighted by Crippen LogP contribution is 2.21. The predicted molar refractivity (Wildman–Crippen MR) is 127 cm³/mol. The summed E-state index contributed by atoms with van der Waals surface area (Å²) in [5, 5.41) is 6.32. The summed E-state index contributed by atoms with van der Waals surface area (Å²) >= 11 is 0. The van der Waals surface area contributed by atoms with Gasteiger partial charge in [0.2, 0.25) is 5.91 Å². The van der Waals surface area contributed by atoms with Crippen LogP contribution in [0.3, 0.4) is 0 Å². The van der Waals surface area contributed by atoms with E-state index in [2.05, 4.69) is 15.6 Å². The molecule has 0 radical (unpaired) electrons. The molecule has 0 aliphatic carbocycles. The highest BCUT2D eigenvalue weighted by molar-refractivity contribution is 14.0. The lowest BCUT2D eigenvalue weighted by atomic mass is 10.2. The van der Waals surface area contributed by atoms with E-state index in [1.165, 1.54) is 0 Å². The average molecular weight is 508 g/mol. The molecule has 0 saturated carbocycles. The van der Waals surface area contributed by atoms with Crippen molar-refractivity contribution in [1.29, 1.82) is 0 Å². The predicted octanol–water partition coefficient (Wildman–Crippen LogP) is 3.77. The van der Waals surface area contributed by atoms with E-state index in [1.807, 2.05) is 66.4 Å². The maximum absolute atomic E-state index is 12.2. The molecule has 1 fully saturated rings. The zero-order valence-corrected chi connectivity index (χ0v) is 19.1.